The molecule has 2 bridgehead atoms. The first kappa shape index (κ1) is 33.9. The Morgan fingerprint density at radius 2 is 1.68 bits per heavy atom. The van der Waals surface area contributed by atoms with Gasteiger partial charge in [0.1, 0.15) is 42.9 Å². The Balaban J connectivity index is 0.941. The highest BCUT2D eigenvalue weighted by Crippen LogP contribution is 2.42. The Morgan fingerprint density at radius 1 is 0.936 bits per heavy atom. The van der Waals surface area contributed by atoms with Crippen LogP contribution in [0.4, 0.5) is 0 Å². The number of quaternary nitrogens is 1. The topological polar surface area (TPSA) is 111 Å². The minimum Gasteiger partial charge on any atom is -0.508 e. The summed E-state index contributed by atoms with van der Waals surface area (Å²) in [5, 5.41) is 44.9. The predicted molar refractivity (Wildman–Crippen MR) is 182 cm³/mol. The Morgan fingerprint density at radius 3 is 2.40 bits per heavy atom. The standard InChI is InChI=1S/C39H52N2O6/c42-27-32-24-31(12-15-36(32)43)37(44)25-40-19-16-29-10-13-35(14-11-29)46-23-22-41-20-17-30(18-21-41)38(26-41)47-28-39(45,34-8-4-5-9-34)33-6-2-1-3-7-33/h1-3,6-7,10-15,24,30,34,37-38,40,42,44-45H,4-5,8-9,16-23,25-28H2/p+1/t30?,37-,38-,39?,41?/m0/s1. The summed E-state index contributed by atoms with van der Waals surface area (Å²) in [5.41, 5.74) is 2.35. The summed E-state index contributed by atoms with van der Waals surface area (Å²) < 4.78 is 14.0. The van der Waals surface area contributed by atoms with Crippen LogP contribution in [-0.2, 0) is 23.4 Å². The zero-order valence-corrected chi connectivity index (χ0v) is 27.6. The van der Waals surface area contributed by atoms with E-state index in [0.717, 1.165) is 54.7 Å². The van der Waals surface area contributed by atoms with E-state index in [9.17, 15) is 20.4 Å². The summed E-state index contributed by atoms with van der Waals surface area (Å²) in [5.74, 6) is 1.75. The molecule has 8 nitrogen and oxygen atoms in total. The van der Waals surface area contributed by atoms with Gasteiger partial charge in [-0.05, 0) is 72.7 Å². The number of phenols is 1. The number of aliphatic hydroxyl groups excluding tert-OH is 2. The first-order valence-electron chi connectivity index (χ1n) is 17.7. The first-order valence-corrected chi connectivity index (χ1v) is 17.7. The Hall–Kier alpha value is -2.98. The van der Waals surface area contributed by atoms with E-state index in [0.29, 0.717) is 36.8 Å². The molecular weight excluding hydrogens is 592 g/mol. The molecule has 3 aromatic carbocycles. The third kappa shape index (κ3) is 8.19. The molecule has 254 valence electrons. The molecule has 8 heteroatoms. The third-order valence-electron chi connectivity index (χ3n) is 11.2. The fourth-order valence-corrected chi connectivity index (χ4v) is 8.16. The van der Waals surface area contributed by atoms with Crippen LogP contribution in [0.25, 0.3) is 0 Å². The number of hydrogen-bond acceptors (Lipinski definition) is 7. The third-order valence-corrected chi connectivity index (χ3v) is 11.2. The lowest BCUT2D eigenvalue weighted by atomic mass is 9.80. The van der Waals surface area contributed by atoms with Crippen LogP contribution in [0.15, 0.2) is 72.8 Å². The Kier molecular flexibility index (Phi) is 11.2. The largest absolute Gasteiger partial charge is 0.508 e. The van der Waals surface area contributed by atoms with Crippen molar-refractivity contribution >= 4 is 0 Å². The normalized spacial score (nSPS) is 24.7. The van der Waals surface area contributed by atoms with Gasteiger partial charge in [-0.15, -0.1) is 0 Å². The number of ether oxygens (including phenoxy) is 2. The highest BCUT2D eigenvalue weighted by molar-refractivity contribution is 5.36. The summed E-state index contributed by atoms with van der Waals surface area (Å²) in [6.07, 6.45) is 7.16. The number of fused-ring (bicyclic) bond motifs is 3. The van der Waals surface area contributed by atoms with Crippen LogP contribution in [0.3, 0.4) is 0 Å². The van der Waals surface area contributed by atoms with Crippen molar-refractivity contribution in [1.29, 1.82) is 0 Å². The summed E-state index contributed by atoms with van der Waals surface area (Å²) >= 11 is 0. The second kappa shape index (κ2) is 15.5. The number of nitrogens with zero attached hydrogens (tertiary/aromatic N) is 1. The molecule has 4 fully saturated rings. The van der Waals surface area contributed by atoms with Crippen molar-refractivity contribution in [2.45, 2.75) is 69.4 Å². The highest BCUT2D eigenvalue weighted by Gasteiger charge is 2.48. The van der Waals surface area contributed by atoms with E-state index in [1.165, 1.54) is 50.4 Å². The van der Waals surface area contributed by atoms with Gasteiger partial charge in [0.25, 0.3) is 0 Å². The Labute approximate surface area is 279 Å². The molecule has 7 rings (SSSR count). The molecule has 47 heavy (non-hydrogen) atoms. The molecule has 3 atom stereocenters. The van der Waals surface area contributed by atoms with Crippen LogP contribution in [0.5, 0.6) is 11.5 Å². The second-order valence-electron chi connectivity index (χ2n) is 14.2. The molecule has 0 radical (unpaired) electrons. The molecule has 0 aromatic heterocycles. The molecule has 3 aliphatic heterocycles. The second-order valence-corrected chi connectivity index (χ2v) is 14.2. The van der Waals surface area contributed by atoms with Gasteiger partial charge in [0.15, 0.2) is 0 Å². The van der Waals surface area contributed by atoms with Crippen LogP contribution in [0.1, 0.15) is 66.9 Å². The lowest BCUT2D eigenvalue weighted by molar-refractivity contribution is -0.946. The molecule has 0 spiro atoms. The van der Waals surface area contributed by atoms with Crippen LogP contribution in [-0.4, -0.2) is 83.5 Å². The van der Waals surface area contributed by atoms with Crippen molar-refractivity contribution in [1.82, 2.24) is 5.32 Å². The van der Waals surface area contributed by atoms with Crippen molar-refractivity contribution < 1.29 is 34.4 Å². The predicted octanol–water partition coefficient (Wildman–Crippen LogP) is 4.83. The van der Waals surface area contributed by atoms with Crippen molar-refractivity contribution in [2.75, 3.05) is 52.5 Å². The summed E-state index contributed by atoms with van der Waals surface area (Å²) in [4.78, 5) is 0. The van der Waals surface area contributed by atoms with E-state index in [-0.39, 0.29) is 24.4 Å². The lowest BCUT2D eigenvalue weighted by Crippen LogP contribution is -2.65. The maximum Gasteiger partial charge on any atom is 0.137 e. The maximum atomic E-state index is 12.0. The molecule has 1 unspecified atom stereocenters. The monoisotopic (exact) mass is 645 g/mol. The minimum absolute atomic E-state index is 0.0330. The van der Waals surface area contributed by atoms with Gasteiger partial charge >= 0.3 is 0 Å². The smallest absolute Gasteiger partial charge is 0.137 e. The van der Waals surface area contributed by atoms with Crippen LogP contribution < -0.4 is 10.1 Å². The number of aliphatic hydroxyl groups is 3. The molecule has 1 aliphatic carbocycles. The van der Waals surface area contributed by atoms with Gasteiger partial charge in [0, 0.05) is 30.9 Å². The van der Waals surface area contributed by atoms with E-state index in [2.05, 4.69) is 29.6 Å². The number of benzene rings is 3. The fraction of sp³-hybridized carbons (Fsp3) is 0.538. The molecule has 5 N–H and O–H groups in total. The van der Waals surface area contributed by atoms with Crippen LogP contribution >= 0.6 is 0 Å². The van der Waals surface area contributed by atoms with Crippen LogP contribution in [0.2, 0.25) is 0 Å². The van der Waals surface area contributed by atoms with Crippen molar-refractivity contribution in [2.24, 2.45) is 11.8 Å². The molecule has 3 heterocycles. The van der Waals surface area contributed by atoms with E-state index < -0.39 is 11.7 Å². The number of piperidine rings is 3. The quantitative estimate of drug-likeness (QED) is 0.112. The highest BCUT2D eigenvalue weighted by atomic mass is 16.5. The summed E-state index contributed by atoms with van der Waals surface area (Å²) in [6, 6.07) is 23.3. The van der Waals surface area contributed by atoms with Crippen LogP contribution in [0, 0.1) is 11.8 Å². The average Bonchev–Trinajstić information content (AvgIpc) is 3.67. The lowest BCUT2D eigenvalue weighted by Gasteiger charge is -2.52. The van der Waals surface area contributed by atoms with Gasteiger partial charge in [0.05, 0.1) is 32.4 Å². The van der Waals surface area contributed by atoms with E-state index >= 15 is 0 Å². The van der Waals surface area contributed by atoms with Gasteiger partial charge in [-0.2, -0.15) is 0 Å². The van der Waals surface area contributed by atoms with E-state index in [1.807, 2.05) is 30.3 Å². The fourth-order valence-electron chi connectivity index (χ4n) is 8.16. The number of rotatable bonds is 16. The molecule has 0 amide bonds. The maximum absolute atomic E-state index is 12.0. The van der Waals surface area contributed by atoms with E-state index in [1.54, 1.807) is 12.1 Å². The molecule has 1 saturated carbocycles. The summed E-state index contributed by atoms with van der Waals surface area (Å²) in [6.45, 7) is 6.20. The molecule has 3 saturated heterocycles. The molecule has 4 aliphatic rings. The minimum atomic E-state index is -0.916. The SMILES string of the molecule is OCc1cc([C@@H](O)CNCCc2ccc(OCC[N+]34CCC(CC3)[C@@H](OCC(O)(c3ccccc3)C3CCCC3)C4)cc2)ccc1O. The Bertz CT molecular complexity index is 1400. The van der Waals surface area contributed by atoms with Gasteiger partial charge in [-0.3, -0.25) is 0 Å². The van der Waals surface area contributed by atoms with Crippen molar-refractivity contribution in [3.05, 3.63) is 95.1 Å². The first-order chi connectivity index (χ1) is 22.9. The zero-order chi connectivity index (χ0) is 32.7. The van der Waals surface area contributed by atoms with Gasteiger partial charge in [-0.25, -0.2) is 0 Å². The number of aromatic hydroxyl groups is 1. The molecule has 3 aromatic rings. The number of hydrogen-bond donors (Lipinski definition) is 5. The van der Waals surface area contributed by atoms with Gasteiger partial charge < -0.3 is 39.7 Å². The van der Waals surface area contributed by atoms with Gasteiger partial charge in [0.2, 0.25) is 0 Å². The van der Waals surface area contributed by atoms with Crippen molar-refractivity contribution in [3.63, 3.8) is 0 Å². The van der Waals surface area contributed by atoms with Gasteiger partial charge in [-0.1, -0.05) is 61.4 Å². The van der Waals surface area contributed by atoms with E-state index in [4.69, 9.17) is 9.47 Å². The van der Waals surface area contributed by atoms with Crippen molar-refractivity contribution in [3.8, 4) is 11.5 Å². The summed E-state index contributed by atoms with van der Waals surface area (Å²) in [7, 11) is 0. The average molecular weight is 646 g/mol. The molecular formula is C39H53N2O6+. The zero-order valence-electron chi connectivity index (χ0n) is 27.6. The number of nitrogens with one attached hydrogen (secondary N) is 1.